The number of fused-ring (bicyclic) bond motifs is 3. The lowest BCUT2D eigenvalue weighted by Gasteiger charge is -2.31. The highest BCUT2D eigenvalue weighted by Gasteiger charge is 2.33. The molecule has 0 radical (unpaired) electrons. The smallest absolute Gasteiger partial charge is 0.243 e. The predicted octanol–water partition coefficient (Wildman–Crippen LogP) is 5.17. The molecule has 1 fully saturated rings. The van der Waals surface area contributed by atoms with Crippen LogP contribution in [0.2, 0.25) is 0 Å². The molecule has 1 atom stereocenters. The van der Waals surface area contributed by atoms with Gasteiger partial charge in [0.2, 0.25) is 15.9 Å². The normalized spacial score (nSPS) is 16.9. The number of carbonyl (C=O) groups excluding carboxylic acids is 1. The van der Waals surface area contributed by atoms with E-state index in [2.05, 4.69) is 28.9 Å². The van der Waals surface area contributed by atoms with Gasteiger partial charge in [0.05, 0.1) is 17.9 Å². The topological polar surface area (TPSA) is 80.6 Å². The molecule has 1 saturated heterocycles. The molecule has 0 aliphatic carbocycles. The standard InChI is InChI=1S/C28H31N3O4S/c1-4-31-25-10-6-5-9-23(25)24-17-21(11-13-26(24)31)29-28(32)20-8-7-15-30(18-20)36(33,34)22-12-14-27(35-3)19(2)16-22/h5-6,9-14,16-17,20H,4,7-8,15,18H2,1-3H3,(H,29,32)/t20-/m0/s1. The van der Waals surface area contributed by atoms with E-state index in [1.54, 1.807) is 25.3 Å². The molecule has 0 unspecified atom stereocenters. The summed E-state index contributed by atoms with van der Waals surface area (Å²) in [6.45, 7) is 5.36. The van der Waals surface area contributed by atoms with Gasteiger partial charge in [-0.3, -0.25) is 4.79 Å². The van der Waals surface area contributed by atoms with E-state index in [1.165, 1.54) is 9.82 Å². The van der Waals surface area contributed by atoms with Crippen LogP contribution in [0.25, 0.3) is 21.8 Å². The van der Waals surface area contributed by atoms with Crippen LogP contribution >= 0.6 is 0 Å². The number of hydrogen-bond donors (Lipinski definition) is 1. The molecule has 36 heavy (non-hydrogen) atoms. The molecule has 188 valence electrons. The maximum Gasteiger partial charge on any atom is 0.243 e. The van der Waals surface area contributed by atoms with Crippen molar-refractivity contribution in [2.45, 2.75) is 38.1 Å². The van der Waals surface area contributed by atoms with Crippen LogP contribution in [0.15, 0.2) is 65.6 Å². The Balaban J connectivity index is 1.36. The lowest BCUT2D eigenvalue weighted by molar-refractivity contribution is -0.120. The summed E-state index contributed by atoms with van der Waals surface area (Å²) < 4.78 is 35.6. The van der Waals surface area contributed by atoms with Gasteiger partial charge in [0, 0.05) is 47.1 Å². The number of rotatable bonds is 6. The zero-order valence-electron chi connectivity index (χ0n) is 20.8. The third-order valence-electron chi connectivity index (χ3n) is 7.12. The van der Waals surface area contributed by atoms with Gasteiger partial charge in [0.15, 0.2) is 0 Å². The lowest BCUT2D eigenvalue weighted by atomic mass is 9.98. The number of carbonyl (C=O) groups is 1. The van der Waals surface area contributed by atoms with E-state index in [1.807, 2.05) is 37.3 Å². The molecule has 1 N–H and O–H groups in total. The van der Waals surface area contributed by atoms with Crippen molar-refractivity contribution in [3.63, 3.8) is 0 Å². The molecule has 0 spiro atoms. The maximum atomic E-state index is 13.3. The fraction of sp³-hybridized carbons (Fsp3) is 0.321. The molecule has 0 bridgehead atoms. The van der Waals surface area contributed by atoms with Gasteiger partial charge in [-0.2, -0.15) is 4.31 Å². The number of sulfonamides is 1. The van der Waals surface area contributed by atoms with Gasteiger partial charge in [-0.1, -0.05) is 18.2 Å². The molecular formula is C28H31N3O4S. The molecule has 7 nitrogen and oxygen atoms in total. The average molecular weight is 506 g/mol. The first-order valence-electron chi connectivity index (χ1n) is 12.3. The molecule has 2 heterocycles. The SMILES string of the molecule is CCn1c2ccccc2c2cc(NC(=O)[C@H]3CCCN(S(=O)(=O)c4ccc(OC)c(C)c4)C3)ccc21. The molecule has 1 amide bonds. The first-order chi connectivity index (χ1) is 17.3. The Bertz CT molecular complexity index is 1560. The Morgan fingerprint density at radius 3 is 2.58 bits per heavy atom. The largest absolute Gasteiger partial charge is 0.496 e. The van der Waals surface area contributed by atoms with Crippen LogP contribution in [-0.2, 0) is 21.4 Å². The molecule has 4 aromatic rings. The van der Waals surface area contributed by atoms with Gasteiger partial charge in [-0.25, -0.2) is 8.42 Å². The zero-order valence-corrected chi connectivity index (χ0v) is 21.6. The molecular weight excluding hydrogens is 474 g/mol. The van der Waals surface area contributed by atoms with Crippen LogP contribution in [0.1, 0.15) is 25.3 Å². The van der Waals surface area contributed by atoms with Crippen molar-refractivity contribution in [1.82, 2.24) is 8.87 Å². The number of amides is 1. The van der Waals surface area contributed by atoms with Crippen molar-refractivity contribution in [3.05, 3.63) is 66.2 Å². The first-order valence-corrected chi connectivity index (χ1v) is 13.7. The number of nitrogens with one attached hydrogen (secondary N) is 1. The minimum atomic E-state index is -3.71. The second-order valence-corrected chi connectivity index (χ2v) is 11.3. The highest BCUT2D eigenvalue weighted by molar-refractivity contribution is 7.89. The maximum absolute atomic E-state index is 13.3. The van der Waals surface area contributed by atoms with E-state index >= 15 is 0 Å². The first kappa shape index (κ1) is 24.3. The number of aromatic nitrogens is 1. The number of hydrogen-bond acceptors (Lipinski definition) is 4. The van der Waals surface area contributed by atoms with Crippen LogP contribution < -0.4 is 10.1 Å². The number of anilines is 1. The van der Waals surface area contributed by atoms with E-state index in [0.29, 0.717) is 25.1 Å². The quantitative estimate of drug-likeness (QED) is 0.392. The van der Waals surface area contributed by atoms with E-state index in [-0.39, 0.29) is 17.3 Å². The molecule has 0 saturated carbocycles. The monoisotopic (exact) mass is 505 g/mol. The van der Waals surface area contributed by atoms with Gasteiger partial charge in [-0.05, 0) is 74.7 Å². The second kappa shape index (κ2) is 9.59. The highest BCUT2D eigenvalue weighted by atomic mass is 32.2. The summed E-state index contributed by atoms with van der Waals surface area (Å²) >= 11 is 0. The molecule has 1 aliphatic heterocycles. The van der Waals surface area contributed by atoms with Crippen LogP contribution in [0.4, 0.5) is 5.69 Å². The van der Waals surface area contributed by atoms with Crippen molar-refractivity contribution < 1.29 is 17.9 Å². The summed E-state index contributed by atoms with van der Waals surface area (Å²) in [5.74, 6) is 0.0730. The van der Waals surface area contributed by atoms with Crippen LogP contribution in [0.5, 0.6) is 5.75 Å². The number of aryl methyl sites for hydroxylation is 2. The van der Waals surface area contributed by atoms with Crippen molar-refractivity contribution in [3.8, 4) is 5.75 Å². The number of para-hydroxylation sites is 1. The lowest BCUT2D eigenvalue weighted by Crippen LogP contribution is -2.43. The van der Waals surface area contributed by atoms with E-state index in [4.69, 9.17) is 4.74 Å². The van der Waals surface area contributed by atoms with Gasteiger partial charge in [-0.15, -0.1) is 0 Å². The van der Waals surface area contributed by atoms with Crippen molar-refractivity contribution in [2.75, 3.05) is 25.5 Å². The van der Waals surface area contributed by atoms with Gasteiger partial charge in [0.25, 0.3) is 0 Å². The Hall–Kier alpha value is -3.36. The van der Waals surface area contributed by atoms with E-state index in [0.717, 1.165) is 34.1 Å². The summed E-state index contributed by atoms with van der Waals surface area (Å²) in [5, 5.41) is 5.28. The fourth-order valence-corrected chi connectivity index (χ4v) is 6.86. The van der Waals surface area contributed by atoms with Crippen LogP contribution in [0.3, 0.4) is 0 Å². The molecule has 1 aliphatic rings. The van der Waals surface area contributed by atoms with Crippen molar-refractivity contribution in [2.24, 2.45) is 5.92 Å². The van der Waals surface area contributed by atoms with Crippen molar-refractivity contribution in [1.29, 1.82) is 0 Å². The number of piperidine rings is 1. The van der Waals surface area contributed by atoms with Gasteiger partial charge >= 0.3 is 0 Å². The Morgan fingerprint density at radius 2 is 1.83 bits per heavy atom. The number of benzene rings is 3. The van der Waals surface area contributed by atoms with E-state index in [9.17, 15) is 13.2 Å². The van der Waals surface area contributed by atoms with Crippen molar-refractivity contribution >= 4 is 43.4 Å². The average Bonchev–Trinajstić information content (AvgIpc) is 3.21. The number of nitrogens with zero attached hydrogens (tertiary/aromatic N) is 2. The zero-order chi connectivity index (χ0) is 25.4. The third kappa shape index (κ3) is 4.24. The van der Waals surface area contributed by atoms with E-state index < -0.39 is 15.9 Å². The number of ether oxygens (including phenoxy) is 1. The Morgan fingerprint density at radius 1 is 1.06 bits per heavy atom. The van der Waals surface area contributed by atoms with Gasteiger partial charge in [0.1, 0.15) is 5.75 Å². The summed E-state index contributed by atoms with van der Waals surface area (Å²) in [6, 6.07) is 19.1. The molecule has 3 aromatic carbocycles. The minimum Gasteiger partial charge on any atom is -0.496 e. The fourth-order valence-electron chi connectivity index (χ4n) is 5.25. The molecule has 8 heteroatoms. The summed E-state index contributed by atoms with van der Waals surface area (Å²) in [5.41, 5.74) is 3.77. The van der Waals surface area contributed by atoms with Gasteiger partial charge < -0.3 is 14.6 Å². The minimum absolute atomic E-state index is 0.153. The van der Waals surface area contributed by atoms with Crippen LogP contribution in [0, 0.1) is 12.8 Å². The second-order valence-electron chi connectivity index (χ2n) is 9.32. The molecule has 1 aromatic heterocycles. The Labute approximate surface area is 211 Å². The summed E-state index contributed by atoms with van der Waals surface area (Å²) in [7, 11) is -2.15. The predicted molar refractivity (Wildman–Crippen MR) is 143 cm³/mol. The summed E-state index contributed by atoms with van der Waals surface area (Å²) in [6.07, 6.45) is 1.28. The number of methoxy groups -OCH3 is 1. The third-order valence-corrected chi connectivity index (χ3v) is 8.98. The molecule has 5 rings (SSSR count). The summed E-state index contributed by atoms with van der Waals surface area (Å²) in [4.78, 5) is 13.4. The Kier molecular flexibility index (Phi) is 6.49. The highest BCUT2D eigenvalue weighted by Crippen LogP contribution is 2.32. The van der Waals surface area contributed by atoms with Crippen LogP contribution in [-0.4, -0.2) is 43.4 Å².